The molecule has 0 spiro atoms. The number of hydrogen-bond donors (Lipinski definition) is 2. The van der Waals surface area contributed by atoms with E-state index in [1.807, 2.05) is 24.3 Å². The monoisotopic (exact) mass is 413 g/mol. The van der Waals surface area contributed by atoms with Gasteiger partial charge in [0.05, 0.1) is 17.1 Å². The molecule has 2 aromatic carbocycles. The van der Waals surface area contributed by atoms with Crippen LogP contribution in [0.4, 0.5) is 17.1 Å². The van der Waals surface area contributed by atoms with Gasteiger partial charge < -0.3 is 20.1 Å². The van der Waals surface area contributed by atoms with Gasteiger partial charge in [0.15, 0.2) is 6.10 Å². The van der Waals surface area contributed by atoms with Crippen LogP contribution in [-0.2, 0) is 16.0 Å². The molecule has 1 heterocycles. The van der Waals surface area contributed by atoms with E-state index in [4.69, 9.17) is 9.84 Å². The Balaban J connectivity index is 1.73. The van der Waals surface area contributed by atoms with Gasteiger partial charge in [0.25, 0.3) is 11.6 Å². The molecule has 0 fully saturated rings. The number of aryl methyl sites for hydroxylation is 1. The number of ether oxygens (including phenoxy) is 1. The van der Waals surface area contributed by atoms with E-state index in [1.54, 1.807) is 4.90 Å². The van der Waals surface area contributed by atoms with E-state index in [0.717, 1.165) is 30.2 Å². The van der Waals surface area contributed by atoms with Crippen LogP contribution in [0.25, 0.3) is 0 Å². The van der Waals surface area contributed by atoms with Gasteiger partial charge in [0.2, 0.25) is 0 Å². The number of esters is 1. The Morgan fingerprint density at radius 3 is 2.80 bits per heavy atom. The topological polar surface area (TPSA) is 122 Å². The highest BCUT2D eigenvalue weighted by atomic mass is 16.6. The lowest BCUT2D eigenvalue weighted by atomic mass is 10.0. The molecule has 1 unspecified atom stereocenters. The van der Waals surface area contributed by atoms with Crippen LogP contribution in [0.5, 0.6) is 0 Å². The van der Waals surface area contributed by atoms with Crippen molar-refractivity contribution in [2.75, 3.05) is 29.9 Å². The lowest BCUT2D eigenvalue weighted by Crippen LogP contribution is -2.42. The van der Waals surface area contributed by atoms with Crippen molar-refractivity contribution in [1.29, 1.82) is 0 Å². The number of carbonyl (C=O) groups is 2. The number of nitrogens with zero attached hydrogens (tertiary/aromatic N) is 2. The largest absolute Gasteiger partial charge is 0.449 e. The predicted octanol–water partition coefficient (Wildman–Crippen LogP) is 2.52. The second kappa shape index (κ2) is 9.36. The van der Waals surface area contributed by atoms with Crippen molar-refractivity contribution in [3.8, 4) is 0 Å². The summed E-state index contributed by atoms with van der Waals surface area (Å²) in [6.45, 7) is 1.96. The van der Waals surface area contributed by atoms with Crippen LogP contribution in [0.1, 0.15) is 29.3 Å². The summed E-state index contributed by atoms with van der Waals surface area (Å²) >= 11 is 0. The fourth-order valence-electron chi connectivity index (χ4n) is 3.41. The molecule has 1 atom stereocenters. The molecule has 0 radical (unpaired) electrons. The third kappa shape index (κ3) is 4.57. The summed E-state index contributed by atoms with van der Waals surface area (Å²) in [6.07, 6.45) is 0.654. The quantitative estimate of drug-likeness (QED) is 0.406. The summed E-state index contributed by atoms with van der Waals surface area (Å²) in [7, 11) is 0. The Hall–Kier alpha value is -3.46. The number of benzene rings is 2. The molecule has 0 aromatic heterocycles. The number of nitro benzene ring substituents is 1. The minimum Gasteiger partial charge on any atom is -0.449 e. The van der Waals surface area contributed by atoms with Gasteiger partial charge in [0, 0.05) is 24.8 Å². The first-order chi connectivity index (χ1) is 14.4. The van der Waals surface area contributed by atoms with E-state index < -0.39 is 17.0 Å². The first-order valence-electron chi connectivity index (χ1n) is 9.66. The van der Waals surface area contributed by atoms with Crippen molar-refractivity contribution in [2.45, 2.75) is 25.9 Å². The first-order valence-corrected chi connectivity index (χ1v) is 9.66. The van der Waals surface area contributed by atoms with E-state index in [0.29, 0.717) is 6.54 Å². The van der Waals surface area contributed by atoms with Gasteiger partial charge in [0.1, 0.15) is 5.69 Å². The SMILES string of the molecule is CC(OC(=O)c1ccc(NCCO)c([N+](=O)[O-])c1)C(=O)N1CCCc2ccccc21. The summed E-state index contributed by atoms with van der Waals surface area (Å²) in [5.74, 6) is -1.16. The van der Waals surface area contributed by atoms with E-state index >= 15 is 0 Å². The molecular weight excluding hydrogens is 390 g/mol. The zero-order valence-corrected chi connectivity index (χ0v) is 16.5. The summed E-state index contributed by atoms with van der Waals surface area (Å²) in [5.41, 5.74) is 1.71. The number of hydrogen-bond acceptors (Lipinski definition) is 7. The third-order valence-electron chi connectivity index (χ3n) is 4.87. The number of para-hydroxylation sites is 1. The Labute approximate surface area is 173 Å². The maximum atomic E-state index is 12.9. The lowest BCUT2D eigenvalue weighted by molar-refractivity contribution is -0.384. The number of nitro groups is 1. The number of amides is 1. The number of rotatable bonds is 7. The van der Waals surface area contributed by atoms with Gasteiger partial charge >= 0.3 is 5.97 Å². The van der Waals surface area contributed by atoms with Crippen molar-refractivity contribution in [1.82, 2.24) is 0 Å². The fraction of sp³-hybridized carbons (Fsp3) is 0.333. The Morgan fingerprint density at radius 1 is 1.30 bits per heavy atom. The Morgan fingerprint density at radius 2 is 2.07 bits per heavy atom. The van der Waals surface area contributed by atoms with Crippen molar-refractivity contribution < 1.29 is 24.4 Å². The number of aliphatic hydroxyl groups is 1. The molecule has 0 saturated heterocycles. The van der Waals surface area contributed by atoms with E-state index in [-0.39, 0.29) is 36.0 Å². The van der Waals surface area contributed by atoms with Gasteiger partial charge in [-0.25, -0.2) is 4.79 Å². The maximum Gasteiger partial charge on any atom is 0.339 e. The number of nitrogens with one attached hydrogen (secondary N) is 1. The highest BCUT2D eigenvalue weighted by Crippen LogP contribution is 2.28. The molecule has 158 valence electrons. The molecule has 9 nitrogen and oxygen atoms in total. The minimum absolute atomic E-state index is 0.0325. The van der Waals surface area contributed by atoms with Gasteiger partial charge in [-0.2, -0.15) is 0 Å². The van der Waals surface area contributed by atoms with E-state index in [2.05, 4.69) is 5.32 Å². The average molecular weight is 413 g/mol. The molecule has 0 saturated carbocycles. The molecule has 1 aliphatic rings. The number of anilines is 2. The zero-order chi connectivity index (χ0) is 21.7. The first kappa shape index (κ1) is 21.3. The van der Waals surface area contributed by atoms with Gasteiger partial charge in [-0.05, 0) is 43.5 Å². The molecule has 2 N–H and O–H groups in total. The normalized spacial score (nSPS) is 13.9. The second-order valence-corrected chi connectivity index (χ2v) is 6.91. The molecule has 3 rings (SSSR count). The van der Waals surface area contributed by atoms with Crippen molar-refractivity contribution in [3.05, 3.63) is 63.7 Å². The van der Waals surface area contributed by atoms with Crippen LogP contribution in [-0.4, -0.2) is 47.7 Å². The van der Waals surface area contributed by atoms with Crippen molar-refractivity contribution >= 4 is 28.9 Å². The van der Waals surface area contributed by atoms with Gasteiger partial charge in [-0.15, -0.1) is 0 Å². The molecular formula is C21H23N3O6. The summed E-state index contributed by atoms with van der Waals surface area (Å²) in [4.78, 5) is 37.7. The number of aliphatic hydroxyl groups excluding tert-OH is 1. The van der Waals surface area contributed by atoms with Crippen LogP contribution in [0.3, 0.4) is 0 Å². The van der Waals surface area contributed by atoms with Crippen LogP contribution in [0.2, 0.25) is 0 Å². The average Bonchev–Trinajstić information content (AvgIpc) is 2.76. The molecule has 1 aliphatic heterocycles. The molecule has 1 amide bonds. The Bertz CT molecular complexity index is 962. The lowest BCUT2D eigenvalue weighted by Gasteiger charge is -2.31. The minimum atomic E-state index is -1.05. The smallest absolute Gasteiger partial charge is 0.339 e. The summed E-state index contributed by atoms with van der Waals surface area (Å²) in [6, 6.07) is 11.4. The molecule has 0 aliphatic carbocycles. The van der Waals surface area contributed by atoms with Crippen LogP contribution >= 0.6 is 0 Å². The van der Waals surface area contributed by atoms with Crippen LogP contribution in [0, 0.1) is 10.1 Å². The third-order valence-corrected chi connectivity index (χ3v) is 4.87. The predicted molar refractivity (Wildman–Crippen MR) is 111 cm³/mol. The fourth-order valence-corrected chi connectivity index (χ4v) is 3.41. The second-order valence-electron chi connectivity index (χ2n) is 6.91. The van der Waals surface area contributed by atoms with E-state index in [9.17, 15) is 19.7 Å². The van der Waals surface area contributed by atoms with Crippen LogP contribution < -0.4 is 10.2 Å². The number of carbonyl (C=O) groups excluding carboxylic acids is 2. The van der Waals surface area contributed by atoms with Gasteiger partial charge in [-0.3, -0.25) is 14.9 Å². The molecule has 0 bridgehead atoms. The number of fused-ring (bicyclic) bond motifs is 1. The maximum absolute atomic E-state index is 12.9. The molecule has 9 heteroatoms. The van der Waals surface area contributed by atoms with Gasteiger partial charge in [-0.1, -0.05) is 18.2 Å². The van der Waals surface area contributed by atoms with Crippen molar-refractivity contribution in [3.63, 3.8) is 0 Å². The zero-order valence-electron chi connectivity index (χ0n) is 16.5. The van der Waals surface area contributed by atoms with Crippen molar-refractivity contribution in [2.24, 2.45) is 0 Å². The standard InChI is InChI=1S/C21H23N3O6/c1-14(20(26)23-11-4-6-15-5-2-3-7-18(15)23)30-21(27)16-8-9-17(22-10-12-25)19(13-16)24(28)29/h2-3,5,7-9,13-14,22,25H,4,6,10-12H2,1H3. The highest BCUT2D eigenvalue weighted by Gasteiger charge is 2.29. The summed E-state index contributed by atoms with van der Waals surface area (Å²) < 4.78 is 5.31. The van der Waals surface area contributed by atoms with E-state index in [1.165, 1.54) is 19.1 Å². The molecule has 2 aromatic rings. The summed E-state index contributed by atoms with van der Waals surface area (Å²) in [5, 5.41) is 22.9. The Kier molecular flexibility index (Phi) is 6.63. The highest BCUT2D eigenvalue weighted by molar-refractivity contribution is 6.00. The van der Waals surface area contributed by atoms with Crippen LogP contribution in [0.15, 0.2) is 42.5 Å². The molecule has 30 heavy (non-hydrogen) atoms.